The van der Waals surface area contributed by atoms with Crippen LogP contribution in [-0.4, -0.2) is 28.0 Å². The van der Waals surface area contributed by atoms with Crippen molar-refractivity contribution in [2.75, 3.05) is 5.32 Å². The molecule has 2 saturated carbocycles. The summed E-state index contributed by atoms with van der Waals surface area (Å²) in [6.07, 6.45) is 7.51. The third kappa shape index (κ3) is 4.92. The van der Waals surface area contributed by atoms with Crippen LogP contribution in [0.4, 0.5) is 5.69 Å². The van der Waals surface area contributed by atoms with Crippen molar-refractivity contribution in [2.24, 2.45) is 11.7 Å². The molecule has 5 nitrogen and oxygen atoms in total. The minimum Gasteiger partial charge on any atom is -0.505 e. The number of aromatic nitrogens is 1. The summed E-state index contributed by atoms with van der Waals surface area (Å²) in [5.41, 5.74) is 10.1. The maximum Gasteiger partial charge on any atom is 0.169 e. The van der Waals surface area contributed by atoms with E-state index in [-0.39, 0.29) is 52.0 Å². The summed E-state index contributed by atoms with van der Waals surface area (Å²) < 4.78 is 0. The van der Waals surface area contributed by atoms with Crippen molar-refractivity contribution in [3.05, 3.63) is 52.1 Å². The number of hydrogen-bond acceptors (Lipinski definition) is 5. The molecular weight excluding hydrogens is 481 g/mol. The first kappa shape index (κ1) is 24.1. The molecule has 2 fully saturated rings. The number of anilines is 1. The van der Waals surface area contributed by atoms with Crippen molar-refractivity contribution in [1.82, 2.24) is 4.98 Å². The highest BCUT2D eigenvalue weighted by Crippen LogP contribution is 2.40. The smallest absolute Gasteiger partial charge is 0.169 e. The van der Waals surface area contributed by atoms with E-state index in [1.807, 2.05) is 18.2 Å². The van der Waals surface area contributed by atoms with Crippen LogP contribution in [0.5, 0.6) is 5.75 Å². The number of ketones is 1. The zero-order valence-electron chi connectivity index (χ0n) is 18.0. The van der Waals surface area contributed by atoms with Gasteiger partial charge in [-0.25, -0.2) is 0 Å². The van der Waals surface area contributed by atoms with Gasteiger partial charge in [0.25, 0.3) is 0 Å². The topological polar surface area (TPSA) is 88.2 Å². The number of nitrogens with one attached hydrogen (secondary N) is 1. The Hall–Kier alpha value is -2.05. The zero-order valence-corrected chi connectivity index (χ0v) is 20.3. The van der Waals surface area contributed by atoms with Crippen LogP contribution in [0.3, 0.4) is 0 Å². The molecular formula is C25H26Cl3N3O2. The van der Waals surface area contributed by atoms with E-state index >= 15 is 0 Å². The van der Waals surface area contributed by atoms with E-state index in [1.54, 1.807) is 18.3 Å². The Bertz CT molecular complexity index is 1180. The Morgan fingerprint density at radius 3 is 2.30 bits per heavy atom. The lowest BCUT2D eigenvalue weighted by Gasteiger charge is -2.29. The molecule has 4 N–H and O–H groups in total. The highest BCUT2D eigenvalue weighted by Gasteiger charge is 2.33. The number of rotatable bonds is 5. The van der Waals surface area contributed by atoms with Crippen LogP contribution in [-0.2, 0) is 0 Å². The number of nitrogens with two attached hydrogens (primary N) is 1. The Morgan fingerprint density at radius 2 is 1.67 bits per heavy atom. The SMILES string of the molecule is Cl.NC1CCC(Nc2c(C(=O)C3CC3)cnc3ccc(-c4cc(Cl)c(O)c(Cl)c4)cc23)CC1. The predicted octanol–water partition coefficient (Wildman–Crippen LogP) is 6.61. The van der Waals surface area contributed by atoms with Gasteiger partial charge in [0.2, 0.25) is 0 Å². The molecule has 0 spiro atoms. The number of aromatic hydroxyl groups is 1. The van der Waals surface area contributed by atoms with Crippen molar-refractivity contribution < 1.29 is 9.90 Å². The summed E-state index contributed by atoms with van der Waals surface area (Å²) in [5, 5.41) is 14.9. The maximum atomic E-state index is 13.1. The Labute approximate surface area is 209 Å². The molecule has 0 aliphatic heterocycles. The molecule has 33 heavy (non-hydrogen) atoms. The van der Waals surface area contributed by atoms with E-state index in [0.29, 0.717) is 5.56 Å². The highest BCUT2D eigenvalue weighted by atomic mass is 35.5. The number of fused-ring (bicyclic) bond motifs is 1. The molecule has 174 valence electrons. The fraction of sp³-hybridized carbons (Fsp3) is 0.360. The number of carbonyl (C=O) groups is 1. The lowest BCUT2D eigenvalue weighted by molar-refractivity contribution is 0.0968. The quantitative estimate of drug-likeness (QED) is 0.339. The number of phenolic OH excluding ortho intramolecular Hbond substituents is 1. The van der Waals surface area contributed by atoms with E-state index in [4.69, 9.17) is 28.9 Å². The molecule has 2 aromatic carbocycles. The van der Waals surface area contributed by atoms with Gasteiger partial charge in [-0.1, -0.05) is 29.3 Å². The molecule has 0 radical (unpaired) electrons. The first-order valence-corrected chi connectivity index (χ1v) is 11.8. The number of benzene rings is 2. The molecule has 0 amide bonds. The summed E-state index contributed by atoms with van der Waals surface area (Å²) in [5.74, 6) is 0.137. The van der Waals surface area contributed by atoms with Crippen LogP contribution < -0.4 is 11.1 Å². The van der Waals surface area contributed by atoms with Gasteiger partial charge >= 0.3 is 0 Å². The second kappa shape index (κ2) is 9.67. The molecule has 2 aliphatic rings. The number of carbonyl (C=O) groups excluding carboxylic acids is 1. The van der Waals surface area contributed by atoms with Gasteiger partial charge in [0.1, 0.15) is 0 Å². The van der Waals surface area contributed by atoms with Crippen LogP contribution in [0, 0.1) is 5.92 Å². The number of phenols is 1. The van der Waals surface area contributed by atoms with Gasteiger partial charge in [0, 0.05) is 29.6 Å². The first-order chi connectivity index (χ1) is 15.4. The Kier molecular flexibility index (Phi) is 7.06. The van der Waals surface area contributed by atoms with Gasteiger partial charge in [-0.05, 0) is 73.9 Å². The molecule has 0 saturated heterocycles. The lowest BCUT2D eigenvalue weighted by Crippen LogP contribution is -2.33. The van der Waals surface area contributed by atoms with E-state index in [0.717, 1.165) is 66.2 Å². The molecule has 0 atom stereocenters. The summed E-state index contributed by atoms with van der Waals surface area (Å²) in [7, 11) is 0. The van der Waals surface area contributed by atoms with Gasteiger partial charge in [-0.2, -0.15) is 0 Å². The summed E-state index contributed by atoms with van der Waals surface area (Å²) in [4.78, 5) is 17.7. The van der Waals surface area contributed by atoms with Crippen molar-refractivity contribution in [3.8, 4) is 16.9 Å². The standard InChI is InChI=1S/C25H25Cl2N3O2.ClH/c26-20-10-15(11-21(27)25(20)32)14-3-8-22-18(9-14)23(30-17-6-4-16(28)5-7-17)19(12-29-22)24(31)13-1-2-13;/h3,8-13,16-17,32H,1-2,4-7,28H2,(H,29,30);1H. The van der Waals surface area contributed by atoms with Gasteiger partial charge < -0.3 is 16.2 Å². The average Bonchev–Trinajstić information content (AvgIpc) is 3.63. The molecule has 0 bridgehead atoms. The monoisotopic (exact) mass is 505 g/mol. The molecule has 8 heteroatoms. The minimum absolute atomic E-state index is 0. The Balaban J connectivity index is 0.00000259. The van der Waals surface area contributed by atoms with Crippen LogP contribution in [0.2, 0.25) is 10.0 Å². The number of nitrogens with zero attached hydrogens (tertiary/aromatic N) is 1. The summed E-state index contributed by atoms with van der Waals surface area (Å²) >= 11 is 12.3. The van der Waals surface area contributed by atoms with Gasteiger partial charge in [0.05, 0.1) is 26.8 Å². The third-order valence-electron chi connectivity index (χ3n) is 6.55. The lowest BCUT2D eigenvalue weighted by atomic mass is 9.91. The number of hydrogen-bond donors (Lipinski definition) is 3. The fourth-order valence-electron chi connectivity index (χ4n) is 4.48. The molecule has 0 unspecified atom stereocenters. The molecule has 1 aromatic heterocycles. The van der Waals surface area contributed by atoms with Crippen LogP contribution >= 0.6 is 35.6 Å². The van der Waals surface area contributed by atoms with E-state index in [1.165, 1.54) is 0 Å². The van der Waals surface area contributed by atoms with Crippen molar-refractivity contribution >= 4 is 58.0 Å². The van der Waals surface area contributed by atoms with Crippen LogP contribution in [0.25, 0.3) is 22.0 Å². The van der Waals surface area contributed by atoms with Gasteiger partial charge in [-0.3, -0.25) is 9.78 Å². The van der Waals surface area contributed by atoms with Gasteiger partial charge in [0.15, 0.2) is 11.5 Å². The van der Waals surface area contributed by atoms with Crippen LogP contribution in [0.1, 0.15) is 48.9 Å². The fourth-order valence-corrected chi connectivity index (χ4v) is 4.97. The summed E-state index contributed by atoms with van der Waals surface area (Å²) in [6, 6.07) is 9.80. The molecule has 3 aromatic rings. The van der Waals surface area contributed by atoms with Crippen molar-refractivity contribution in [3.63, 3.8) is 0 Å². The molecule has 2 aliphatic carbocycles. The van der Waals surface area contributed by atoms with E-state index < -0.39 is 0 Å². The predicted molar refractivity (Wildman–Crippen MR) is 137 cm³/mol. The number of Topliss-reactive ketones (excluding diaryl/α,β-unsaturated/α-hetero) is 1. The third-order valence-corrected chi connectivity index (χ3v) is 7.13. The van der Waals surface area contributed by atoms with Crippen molar-refractivity contribution in [2.45, 2.75) is 50.6 Å². The number of pyridine rings is 1. The largest absolute Gasteiger partial charge is 0.505 e. The normalized spacial score (nSPS) is 20.3. The average molecular weight is 507 g/mol. The second-order valence-electron chi connectivity index (χ2n) is 8.96. The van der Waals surface area contributed by atoms with Crippen LogP contribution in [0.15, 0.2) is 36.5 Å². The van der Waals surface area contributed by atoms with Gasteiger partial charge in [-0.15, -0.1) is 12.4 Å². The second-order valence-corrected chi connectivity index (χ2v) is 9.78. The minimum atomic E-state index is -0.130. The first-order valence-electron chi connectivity index (χ1n) is 11.1. The zero-order chi connectivity index (χ0) is 22.4. The molecule has 1 heterocycles. The highest BCUT2D eigenvalue weighted by molar-refractivity contribution is 6.37. The summed E-state index contributed by atoms with van der Waals surface area (Å²) in [6.45, 7) is 0. The number of halogens is 3. The van der Waals surface area contributed by atoms with Crippen molar-refractivity contribution in [1.29, 1.82) is 0 Å². The van der Waals surface area contributed by atoms with E-state index in [2.05, 4.69) is 10.3 Å². The van der Waals surface area contributed by atoms with E-state index in [9.17, 15) is 9.90 Å². The molecule has 5 rings (SSSR count). The Morgan fingerprint density at radius 1 is 1.00 bits per heavy atom. The maximum absolute atomic E-state index is 13.1.